The van der Waals surface area contributed by atoms with Crippen molar-refractivity contribution in [3.63, 3.8) is 0 Å². The minimum atomic E-state index is -0.0540. The van der Waals surface area contributed by atoms with E-state index in [0.29, 0.717) is 23.7 Å². The number of rotatable bonds is 3. The van der Waals surface area contributed by atoms with E-state index in [2.05, 4.69) is 5.32 Å². The van der Waals surface area contributed by atoms with E-state index in [1.54, 1.807) is 12.1 Å². The van der Waals surface area contributed by atoms with E-state index in [1.807, 2.05) is 13.0 Å². The molecule has 1 aliphatic rings. The summed E-state index contributed by atoms with van der Waals surface area (Å²) in [6, 6.07) is 5.38. The highest BCUT2D eigenvalue weighted by Gasteiger charge is 2.17. The zero-order chi connectivity index (χ0) is 12.3. The molecule has 1 fully saturated rings. The summed E-state index contributed by atoms with van der Waals surface area (Å²) in [4.78, 5) is 12.0. The number of amides is 1. The third-order valence-corrected chi connectivity index (χ3v) is 3.08. The van der Waals surface area contributed by atoms with Crippen LogP contribution in [-0.2, 0) is 4.74 Å². The maximum Gasteiger partial charge on any atom is 0.251 e. The van der Waals surface area contributed by atoms with Gasteiger partial charge in [0.15, 0.2) is 0 Å². The normalized spacial score (nSPS) is 18.2. The van der Waals surface area contributed by atoms with E-state index in [9.17, 15) is 4.79 Å². The summed E-state index contributed by atoms with van der Waals surface area (Å²) in [6.07, 6.45) is 1.02. The number of carbonyl (C=O) groups excluding carboxylic acids is 1. The molecular weight excluding hydrogens is 252 g/mol. The number of hydrogen-bond donors (Lipinski definition) is 2. The summed E-state index contributed by atoms with van der Waals surface area (Å²) >= 11 is 0. The molecule has 1 heterocycles. The molecule has 4 nitrogen and oxygen atoms in total. The first-order valence-electron chi connectivity index (χ1n) is 5.89. The van der Waals surface area contributed by atoms with Gasteiger partial charge in [-0.2, -0.15) is 0 Å². The molecular formula is C13H19ClN2O2. The van der Waals surface area contributed by atoms with E-state index in [1.165, 1.54) is 0 Å². The van der Waals surface area contributed by atoms with Crippen molar-refractivity contribution in [2.75, 3.05) is 25.5 Å². The fourth-order valence-corrected chi connectivity index (χ4v) is 1.96. The molecule has 0 saturated carbocycles. The topological polar surface area (TPSA) is 64.4 Å². The van der Waals surface area contributed by atoms with Crippen LogP contribution in [0.1, 0.15) is 22.3 Å². The van der Waals surface area contributed by atoms with E-state index in [0.717, 1.165) is 25.2 Å². The fraction of sp³-hybridized carbons (Fsp3) is 0.462. The van der Waals surface area contributed by atoms with Crippen molar-refractivity contribution in [1.29, 1.82) is 0 Å². The standard InChI is InChI=1S/C13H18N2O2.ClH/c1-9-2-3-11(14)6-12(9)13(16)15-7-10-4-5-17-8-10;/h2-3,6,10H,4-5,7-8,14H2,1H3,(H,15,16);1H. The molecule has 1 aromatic carbocycles. The predicted octanol–water partition coefficient (Wildman–Crippen LogP) is 1.77. The highest BCUT2D eigenvalue weighted by Crippen LogP contribution is 2.14. The highest BCUT2D eigenvalue weighted by molar-refractivity contribution is 5.96. The number of anilines is 1. The van der Waals surface area contributed by atoms with Crippen LogP contribution in [0.15, 0.2) is 18.2 Å². The van der Waals surface area contributed by atoms with Gasteiger partial charge in [0.25, 0.3) is 5.91 Å². The second kappa shape index (κ2) is 6.61. The summed E-state index contributed by atoms with van der Waals surface area (Å²) in [5.41, 5.74) is 7.90. The minimum Gasteiger partial charge on any atom is -0.399 e. The fourth-order valence-electron chi connectivity index (χ4n) is 1.96. The van der Waals surface area contributed by atoms with Gasteiger partial charge in [-0.25, -0.2) is 0 Å². The average Bonchev–Trinajstić information content (AvgIpc) is 2.82. The Morgan fingerprint density at radius 2 is 2.33 bits per heavy atom. The van der Waals surface area contributed by atoms with Crippen LogP contribution in [0.4, 0.5) is 5.69 Å². The average molecular weight is 271 g/mol. The van der Waals surface area contributed by atoms with Crippen molar-refractivity contribution in [3.05, 3.63) is 29.3 Å². The van der Waals surface area contributed by atoms with Crippen LogP contribution < -0.4 is 11.1 Å². The lowest BCUT2D eigenvalue weighted by atomic mass is 10.1. The second-order valence-electron chi connectivity index (χ2n) is 4.51. The molecule has 3 N–H and O–H groups in total. The number of nitrogens with two attached hydrogens (primary N) is 1. The second-order valence-corrected chi connectivity index (χ2v) is 4.51. The largest absolute Gasteiger partial charge is 0.399 e. The molecule has 0 aliphatic carbocycles. The summed E-state index contributed by atoms with van der Waals surface area (Å²) < 4.78 is 5.27. The highest BCUT2D eigenvalue weighted by atomic mass is 35.5. The molecule has 1 atom stereocenters. The zero-order valence-corrected chi connectivity index (χ0v) is 11.3. The monoisotopic (exact) mass is 270 g/mol. The van der Waals surface area contributed by atoms with Crippen molar-refractivity contribution in [2.24, 2.45) is 5.92 Å². The lowest BCUT2D eigenvalue weighted by Crippen LogP contribution is -2.30. The summed E-state index contributed by atoms with van der Waals surface area (Å²) in [5, 5.41) is 2.93. The number of nitrogens with one attached hydrogen (secondary N) is 1. The lowest BCUT2D eigenvalue weighted by Gasteiger charge is -2.11. The Morgan fingerprint density at radius 3 is 3.00 bits per heavy atom. The molecule has 1 aliphatic heterocycles. The van der Waals surface area contributed by atoms with Gasteiger partial charge in [0.05, 0.1) is 6.61 Å². The Bertz CT molecular complexity index is 417. The molecule has 5 heteroatoms. The van der Waals surface area contributed by atoms with Gasteiger partial charge in [-0.3, -0.25) is 4.79 Å². The van der Waals surface area contributed by atoms with Crippen molar-refractivity contribution >= 4 is 24.0 Å². The molecule has 1 saturated heterocycles. The molecule has 0 spiro atoms. The summed E-state index contributed by atoms with van der Waals surface area (Å²) in [6.45, 7) is 4.13. The minimum absolute atomic E-state index is 0. The molecule has 0 aromatic heterocycles. The van der Waals surface area contributed by atoms with Gasteiger partial charge in [0, 0.05) is 30.3 Å². The van der Waals surface area contributed by atoms with E-state index in [-0.39, 0.29) is 18.3 Å². The predicted molar refractivity (Wildman–Crippen MR) is 74.1 cm³/mol. The number of aryl methyl sites for hydroxylation is 1. The van der Waals surface area contributed by atoms with Crippen LogP contribution in [-0.4, -0.2) is 25.7 Å². The Balaban J connectivity index is 0.00000162. The van der Waals surface area contributed by atoms with Crippen LogP contribution >= 0.6 is 12.4 Å². The Labute approximate surface area is 113 Å². The van der Waals surface area contributed by atoms with Crippen molar-refractivity contribution in [2.45, 2.75) is 13.3 Å². The van der Waals surface area contributed by atoms with Gasteiger partial charge < -0.3 is 15.8 Å². The van der Waals surface area contributed by atoms with Gasteiger partial charge >= 0.3 is 0 Å². The smallest absolute Gasteiger partial charge is 0.251 e. The first kappa shape index (κ1) is 14.8. The van der Waals surface area contributed by atoms with Crippen LogP contribution in [0.25, 0.3) is 0 Å². The van der Waals surface area contributed by atoms with Gasteiger partial charge in [-0.1, -0.05) is 6.07 Å². The van der Waals surface area contributed by atoms with Gasteiger partial charge in [-0.05, 0) is 31.0 Å². The first-order chi connectivity index (χ1) is 8.16. The van der Waals surface area contributed by atoms with Crippen LogP contribution in [0.2, 0.25) is 0 Å². The summed E-state index contributed by atoms with van der Waals surface area (Å²) in [7, 11) is 0. The molecule has 1 amide bonds. The van der Waals surface area contributed by atoms with E-state index >= 15 is 0 Å². The molecule has 18 heavy (non-hydrogen) atoms. The van der Waals surface area contributed by atoms with E-state index < -0.39 is 0 Å². The molecule has 0 radical (unpaired) electrons. The Morgan fingerprint density at radius 1 is 1.56 bits per heavy atom. The third-order valence-electron chi connectivity index (χ3n) is 3.08. The molecule has 2 rings (SSSR count). The molecule has 100 valence electrons. The SMILES string of the molecule is Cc1ccc(N)cc1C(=O)NCC1CCOC1.Cl. The zero-order valence-electron chi connectivity index (χ0n) is 10.4. The van der Waals surface area contributed by atoms with Crippen LogP contribution in [0.3, 0.4) is 0 Å². The van der Waals surface area contributed by atoms with Crippen molar-refractivity contribution < 1.29 is 9.53 Å². The quantitative estimate of drug-likeness (QED) is 0.823. The molecule has 1 unspecified atom stereocenters. The Hall–Kier alpha value is -1.26. The maximum atomic E-state index is 12.0. The number of hydrogen-bond acceptors (Lipinski definition) is 3. The number of halogens is 1. The van der Waals surface area contributed by atoms with Gasteiger partial charge in [0.1, 0.15) is 0 Å². The number of carbonyl (C=O) groups is 1. The van der Waals surface area contributed by atoms with Gasteiger partial charge in [0.2, 0.25) is 0 Å². The van der Waals surface area contributed by atoms with E-state index in [4.69, 9.17) is 10.5 Å². The van der Waals surface area contributed by atoms with Crippen LogP contribution in [0, 0.1) is 12.8 Å². The van der Waals surface area contributed by atoms with Crippen LogP contribution in [0.5, 0.6) is 0 Å². The molecule has 1 aromatic rings. The van der Waals surface area contributed by atoms with Crippen molar-refractivity contribution in [3.8, 4) is 0 Å². The Kier molecular flexibility index (Phi) is 5.44. The van der Waals surface area contributed by atoms with Crippen molar-refractivity contribution in [1.82, 2.24) is 5.32 Å². The number of ether oxygens (including phenoxy) is 1. The third kappa shape index (κ3) is 3.62. The number of nitrogen functional groups attached to an aromatic ring is 1. The number of benzene rings is 1. The summed E-state index contributed by atoms with van der Waals surface area (Å²) in [5.74, 6) is 0.391. The molecule has 0 bridgehead atoms. The lowest BCUT2D eigenvalue weighted by molar-refractivity contribution is 0.0944. The maximum absolute atomic E-state index is 12.0. The van der Waals surface area contributed by atoms with Gasteiger partial charge in [-0.15, -0.1) is 12.4 Å². The first-order valence-corrected chi connectivity index (χ1v) is 5.89.